The summed E-state index contributed by atoms with van der Waals surface area (Å²) >= 11 is 0. The van der Waals surface area contributed by atoms with Crippen molar-refractivity contribution in [3.8, 4) is 5.69 Å². The molecular formula is C20H24N2O5. The van der Waals surface area contributed by atoms with Gasteiger partial charge in [0.2, 0.25) is 6.04 Å². The van der Waals surface area contributed by atoms with Gasteiger partial charge in [-0.25, -0.2) is 9.59 Å². The summed E-state index contributed by atoms with van der Waals surface area (Å²) in [5.74, 6) is -2.26. The minimum absolute atomic E-state index is 0.0921. The fraction of sp³-hybridized carbons (Fsp3) is 0.350. The van der Waals surface area contributed by atoms with Crippen LogP contribution in [0.15, 0.2) is 36.4 Å². The molecule has 0 atom stereocenters. The molecule has 27 heavy (non-hydrogen) atoms. The third-order valence-electron chi connectivity index (χ3n) is 3.98. The quantitative estimate of drug-likeness (QED) is 0.595. The molecule has 7 heteroatoms. The first-order valence-corrected chi connectivity index (χ1v) is 8.78. The van der Waals surface area contributed by atoms with Gasteiger partial charge >= 0.3 is 11.9 Å². The van der Waals surface area contributed by atoms with Gasteiger partial charge in [0.05, 0.1) is 13.2 Å². The maximum atomic E-state index is 12.5. The zero-order valence-electron chi connectivity index (χ0n) is 15.9. The minimum Gasteiger partial charge on any atom is -0.464 e. The lowest BCUT2D eigenvalue weighted by Crippen LogP contribution is -2.48. The van der Waals surface area contributed by atoms with Crippen molar-refractivity contribution in [1.29, 1.82) is 0 Å². The Hall–Kier alpha value is -3.09. The van der Waals surface area contributed by atoms with Gasteiger partial charge in [-0.05, 0) is 64.1 Å². The Balaban J connectivity index is 2.18. The number of nitrogens with one attached hydrogen (secondary N) is 1. The van der Waals surface area contributed by atoms with Gasteiger partial charge in [0, 0.05) is 22.6 Å². The number of esters is 2. The molecule has 2 aromatic rings. The number of carbonyl (C=O) groups excluding carboxylic acids is 3. The van der Waals surface area contributed by atoms with Gasteiger partial charge < -0.3 is 19.4 Å². The van der Waals surface area contributed by atoms with Crippen LogP contribution in [0.25, 0.3) is 5.69 Å². The van der Waals surface area contributed by atoms with Crippen molar-refractivity contribution in [2.24, 2.45) is 0 Å². The van der Waals surface area contributed by atoms with E-state index in [1.807, 2.05) is 26.0 Å². The standard InChI is InChI=1S/C20H24N2O5/c1-5-26-19(24)17(20(25)27-6-2)21-18(23)15-9-11-16(12-10-15)22-13(3)7-8-14(22)4/h7-12,17H,5-6H2,1-4H3,(H,21,23). The summed E-state index contributed by atoms with van der Waals surface area (Å²) in [6, 6.07) is 9.41. The average molecular weight is 372 g/mol. The number of hydrogen-bond donors (Lipinski definition) is 1. The van der Waals surface area contributed by atoms with Gasteiger partial charge in [-0.1, -0.05) is 0 Å². The zero-order valence-corrected chi connectivity index (χ0v) is 15.9. The lowest BCUT2D eigenvalue weighted by Gasteiger charge is -2.16. The van der Waals surface area contributed by atoms with Gasteiger partial charge in [-0.3, -0.25) is 4.79 Å². The van der Waals surface area contributed by atoms with E-state index in [1.165, 1.54) is 0 Å². The molecule has 0 fully saturated rings. The van der Waals surface area contributed by atoms with Crippen molar-refractivity contribution < 1.29 is 23.9 Å². The Morgan fingerprint density at radius 1 is 0.889 bits per heavy atom. The molecule has 144 valence electrons. The predicted octanol–water partition coefficient (Wildman–Crippen LogP) is 2.32. The average Bonchev–Trinajstić information content (AvgIpc) is 2.98. The van der Waals surface area contributed by atoms with Gasteiger partial charge in [0.1, 0.15) is 0 Å². The van der Waals surface area contributed by atoms with Crippen molar-refractivity contribution in [2.75, 3.05) is 13.2 Å². The van der Waals surface area contributed by atoms with E-state index in [0.29, 0.717) is 5.56 Å². The van der Waals surface area contributed by atoms with Crippen molar-refractivity contribution >= 4 is 17.8 Å². The Bertz CT molecular complexity index is 786. The summed E-state index contributed by atoms with van der Waals surface area (Å²) in [6.45, 7) is 7.41. The summed E-state index contributed by atoms with van der Waals surface area (Å²) in [5.41, 5.74) is 3.39. The number of rotatable bonds is 7. The maximum absolute atomic E-state index is 12.5. The summed E-state index contributed by atoms with van der Waals surface area (Å²) < 4.78 is 11.7. The number of ether oxygens (including phenoxy) is 2. The molecule has 7 nitrogen and oxygen atoms in total. The molecule has 0 spiro atoms. The second-order valence-corrected chi connectivity index (χ2v) is 5.91. The van der Waals surface area contributed by atoms with E-state index < -0.39 is 23.9 Å². The first kappa shape index (κ1) is 20.2. The Morgan fingerprint density at radius 2 is 1.37 bits per heavy atom. The van der Waals surface area contributed by atoms with Crippen LogP contribution in [-0.2, 0) is 19.1 Å². The van der Waals surface area contributed by atoms with Crippen LogP contribution in [0.2, 0.25) is 0 Å². The number of carbonyl (C=O) groups is 3. The molecule has 0 aliphatic carbocycles. The Morgan fingerprint density at radius 3 is 1.81 bits per heavy atom. The molecule has 1 heterocycles. The lowest BCUT2D eigenvalue weighted by atomic mass is 10.1. The fourth-order valence-corrected chi connectivity index (χ4v) is 2.72. The molecule has 0 aliphatic heterocycles. The molecule has 0 bridgehead atoms. The molecule has 1 aromatic carbocycles. The molecule has 0 unspecified atom stereocenters. The number of hydrogen-bond acceptors (Lipinski definition) is 5. The van der Waals surface area contributed by atoms with Crippen LogP contribution in [0, 0.1) is 13.8 Å². The van der Waals surface area contributed by atoms with Gasteiger partial charge in [0.25, 0.3) is 5.91 Å². The molecule has 0 saturated carbocycles. The molecule has 1 amide bonds. The summed E-state index contributed by atoms with van der Waals surface area (Å²) in [5, 5.41) is 2.38. The van der Waals surface area contributed by atoms with Crippen LogP contribution in [-0.4, -0.2) is 41.7 Å². The summed E-state index contributed by atoms with van der Waals surface area (Å²) in [6.07, 6.45) is 0. The lowest BCUT2D eigenvalue weighted by molar-refractivity contribution is -0.157. The van der Waals surface area contributed by atoms with Crippen LogP contribution < -0.4 is 5.32 Å². The smallest absolute Gasteiger partial charge is 0.340 e. The second-order valence-electron chi connectivity index (χ2n) is 5.91. The van der Waals surface area contributed by atoms with Crippen molar-refractivity contribution in [2.45, 2.75) is 33.7 Å². The van der Waals surface area contributed by atoms with Crippen molar-refractivity contribution in [1.82, 2.24) is 9.88 Å². The second kappa shape index (κ2) is 9.02. The Labute approximate surface area is 158 Å². The molecule has 1 aromatic heterocycles. The summed E-state index contributed by atoms with van der Waals surface area (Å²) in [4.78, 5) is 36.4. The predicted molar refractivity (Wildman–Crippen MR) is 99.8 cm³/mol. The monoisotopic (exact) mass is 372 g/mol. The van der Waals surface area contributed by atoms with Crippen LogP contribution in [0.4, 0.5) is 0 Å². The highest BCUT2D eigenvalue weighted by molar-refractivity contribution is 6.05. The number of aromatic nitrogens is 1. The zero-order chi connectivity index (χ0) is 20.0. The van der Waals surface area contributed by atoms with E-state index >= 15 is 0 Å². The largest absolute Gasteiger partial charge is 0.464 e. The number of benzene rings is 1. The highest BCUT2D eigenvalue weighted by atomic mass is 16.6. The molecule has 2 rings (SSSR count). The van der Waals surface area contributed by atoms with Crippen LogP contribution in [0.3, 0.4) is 0 Å². The number of aryl methyl sites for hydroxylation is 2. The van der Waals surface area contributed by atoms with E-state index in [9.17, 15) is 14.4 Å². The van der Waals surface area contributed by atoms with Gasteiger partial charge in [-0.2, -0.15) is 0 Å². The third-order valence-corrected chi connectivity index (χ3v) is 3.98. The van der Waals surface area contributed by atoms with Crippen molar-refractivity contribution in [3.05, 3.63) is 53.3 Å². The van der Waals surface area contributed by atoms with E-state index in [-0.39, 0.29) is 13.2 Å². The minimum atomic E-state index is -1.49. The molecule has 0 aliphatic rings. The van der Waals surface area contributed by atoms with Gasteiger partial charge in [0.15, 0.2) is 0 Å². The highest BCUT2D eigenvalue weighted by Gasteiger charge is 2.31. The normalized spacial score (nSPS) is 10.6. The molecule has 0 radical (unpaired) electrons. The first-order chi connectivity index (χ1) is 12.9. The fourth-order valence-electron chi connectivity index (χ4n) is 2.72. The van der Waals surface area contributed by atoms with Crippen LogP contribution in [0.5, 0.6) is 0 Å². The number of amides is 1. The van der Waals surface area contributed by atoms with E-state index in [2.05, 4.69) is 9.88 Å². The maximum Gasteiger partial charge on any atom is 0.340 e. The molecule has 1 N–H and O–H groups in total. The van der Waals surface area contributed by atoms with E-state index in [4.69, 9.17) is 9.47 Å². The highest BCUT2D eigenvalue weighted by Crippen LogP contribution is 2.17. The van der Waals surface area contributed by atoms with Crippen molar-refractivity contribution in [3.63, 3.8) is 0 Å². The first-order valence-electron chi connectivity index (χ1n) is 8.78. The van der Waals surface area contributed by atoms with E-state index in [1.54, 1.807) is 38.1 Å². The van der Waals surface area contributed by atoms with E-state index in [0.717, 1.165) is 17.1 Å². The third kappa shape index (κ3) is 4.75. The topological polar surface area (TPSA) is 86.6 Å². The Kier molecular flexibility index (Phi) is 6.76. The molecule has 0 saturated heterocycles. The number of nitrogens with zero attached hydrogens (tertiary/aromatic N) is 1. The van der Waals surface area contributed by atoms with Gasteiger partial charge in [-0.15, -0.1) is 0 Å². The summed E-state index contributed by atoms with van der Waals surface area (Å²) in [7, 11) is 0. The van der Waals surface area contributed by atoms with Crippen LogP contribution >= 0.6 is 0 Å². The molecular weight excluding hydrogens is 348 g/mol. The SMILES string of the molecule is CCOC(=O)C(NC(=O)c1ccc(-n2c(C)ccc2C)cc1)C(=O)OCC. The van der Waals surface area contributed by atoms with Crippen LogP contribution in [0.1, 0.15) is 35.6 Å².